The van der Waals surface area contributed by atoms with Gasteiger partial charge in [0, 0.05) is 16.2 Å². The molecule has 0 bridgehead atoms. The summed E-state index contributed by atoms with van der Waals surface area (Å²) in [4.78, 5) is 11.4. The number of ether oxygens (including phenoxy) is 1. The summed E-state index contributed by atoms with van der Waals surface area (Å²) in [6.45, 7) is 0. The molecule has 0 radical (unpaired) electrons. The van der Waals surface area contributed by atoms with Crippen LogP contribution in [0.25, 0.3) is 0 Å². The number of anilines is 1. The topological polar surface area (TPSA) is 38.3 Å². The van der Waals surface area contributed by atoms with Crippen molar-refractivity contribution in [3.05, 3.63) is 74.7 Å². The van der Waals surface area contributed by atoms with Gasteiger partial charge in [0.25, 0.3) is 0 Å². The smallest absolute Gasteiger partial charge is 0.331 e. The average Bonchev–Trinajstić information content (AvgIpc) is 2.96. The van der Waals surface area contributed by atoms with Gasteiger partial charge in [-0.1, -0.05) is 45.2 Å². The van der Waals surface area contributed by atoms with E-state index >= 15 is 0 Å². The van der Waals surface area contributed by atoms with E-state index < -0.39 is 6.10 Å². The SMILES string of the molecule is O=C1C=C[C@@H]([C@H](Nc2ccc(Br)cc2)c2ccc(Cl)c(Cl)c2)O1. The predicted molar refractivity (Wildman–Crippen MR) is 96.0 cm³/mol. The summed E-state index contributed by atoms with van der Waals surface area (Å²) in [6.07, 6.45) is 2.75. The van der Waals surface area contributed by atoms with E-state index in [1.807, 2.05) is 30.3 Å². The van der Waals surface area contributed by atoms with Gasteiger partial charge in [-0.25, -0.2) is 4.79 Å². The van der Waals surface area contributed by atoms with E-state index in [2.05, 4.69) is 21.2 Å². The second-order valence-electron chi connectivity index (χ2n) is 5.06. The summed E-state index contributed by atoms with van der Waals surface area (Å²) in [5.74, 6) is -0.349. The van der Waals surface area contributed by atoms with Crippen LogP contribution in [0.15, 0.2) is 59.1 Å². The van der Waals surface area contributed by atoms with Crippen LogP contribution in [0.4, 0.5) is 5.69 Å². The number of halogens is 3. The number of carbonyl (C=O) groups is 1. The van der Waals surface area contributed by atoms with Crippen molar-refractivity contribution in [2.45, 2.75) is 12.1 Å². The number of carbonyl (C=O) groups excluding carboxylic acids is 1. The monoisotopic (exact) mass is 411 g/mol. The Hall–Kier alpha value is -1.49. The summed E-state index contributed by atoms with van der Waals surface area (Å²) in [6, 6.07) is 12.9. The Bertz CT molecular complexity index is 762. The molecule has 118 valence electrons. The first-order valence-corrected chi connectivity index (χ1v) is 8.44. The maximum Gasteiger partial charge on any atom is 0.331 e. The molecule has 2 atom stereocenters. The molecule has 0 saturated heterocycles. The lowest BCUT2D eigenvalue weighted by Crippen LogP contribution is -2.25. The van der Waals surface area contributed by atoms with Crippen molar-refractivity contribution in [2.75, 3.05) is 5.32 Å². The van der Waals surface area contributed by atoms with Gasteiger partial charge >= 0.3 is 5.97 Å². The predicted octanol–water partition coefficient (Wildman–Crippen LogP) is 5.39. The lowest BCUT2D eigenvalue weighted by atomic mass is 10.0. The molecule has 1 N–H and O–H groups in total. The largest absolute Gasteiger partial charge is 0.452 e. The number of benzene rings is 2. The molecule has 0 aromatic heterocycles. The third kappa shape index (κ3) is 3.89. The van der Waals surface area contributed by atoms with Crippen molar-refractivity contribution in [3.63, 3.8) is 0 Å². The molecule has 2 aromatic carbocycles. The van der Waals surface area contributed by atoms with Gasteiger partial charge in [0.15, 0.2) is 0 Å². The molecular weight excluding hydrogens is 401 g/mol. The Morgan fingerprint density at radius 2 is 1.83 bits per heavy atom. The minimum absolute atomic E-state index is 0.270. The zero-order valence-electron chi connectivity index (χ0n) is 11.8. The van der Waals surface area contributed by atoms with Gasteiger partial charge in [0.2, 0.25) is 0 Å². The number of nitrogens with one attached hydrogen (secondary N) is 1. The third-order valence-corrected chi connectivity index (χ3v) is 4.74. The Morgan fingerprint density at radius 1 is 1.09 bits per heavy atom. The van der Waals surface area contributed by atoms with E-state index in [-0.39, 0.29) is 12.0 Å². The minimum Gasteiger partial charge on any atom is -0.452 e. The van der Waals surface area contributed by atoms with E-state index in [0.717, 1.165) is 15.7 Å². The Balaban J connectivity index is 1.92. The second kappa shape index (κ2) is 6.95. The highest BCUT2D eigenvalue weighted by Gasteiger charge is 2.28. The van der Waals surface area contributed by atoms with Crippen LogP contribution in [-0.4, -0.2) is 12.1 Å². The van der Waals surface area contributed by atoms with Crippen LogP contribution >= 0.6 is 39.1 Å². The van der Waals surface area contributed by atoms with Crippen LogP contribution in [-0.2, 0) is 9.53 Å². The van der Waals surface area contributed by atoms with E-state index in [9.17, 15) is 4.79 Å². The summed E-state index contributed by atoms with van der Waals surface area (Å²) in [5.41, 5.74) is 1.78. The minimum atomic E-state index is -0.414. The van der Waals surface area contributed by atoms with Crippen molar-refractivity contribution in [2.24, 2.45) is 0 Å². The average molecular weight is 413 g/mol. The number of rotatable bonds is 4. The van der Waals surface area contributed by atoms with Gasteiger partial charge in [0.05, 0.1) is 16.1 Å². The molecule has 0 saturated carbocycles. The van der Waals surface area contributed by atoms with Crippen LogP contribution in [0.5, 0.6) is 0 Å². The lowest BCUT2D eigenvalue weighted by Gasteiger charge is -2.25. The Kier molecular flexibility index (Phi) is 4.95. The molecule has 0 fully saturated rings. The van der Waals surface area contributed by atoms with Crippen molar-refractivity contribution >= 4 is 50.8 Å². The molecular formula is C17H12BrCl2NO2. The first kappa shape index (κ1) is 16.4. The van der Waals surface area contributed by atoms with Crippen LogP contribution in [0, 0.1) is 0 Å². The van der Waals surface area contributed by atoms with Crippen LogP contribution in [0.2, 0.25) is 10.0 Å². The second-order valence-corrected chi connectivity index (χ2v) is 6.79. The maximum absolute atomic E-state index is 11.4. The molecule has 1 aliphatic heterocycles. The Labute approximate surface area is 152 Å². The normalized spacial score (nSPS) is 17.9. The lowest BCUT2D eigenvalue weighted by molar-refractivity contribution is -0.139. The van der Waals surface area contributed by atoms with Crippen LogP contribution < -0.4 is 5.32 Å². The summed E-state index contributed by atoms with van der Waals surface area (Å²) in [7, 11) is 0. The summed E-state index contributed by atoms with van der Waals surface area (Å²) >= 11 is 15.5. The molecule has 2 aromatic rings. The van der Waals surface area contributed by atoms with Crippen molar-refractivity contribution < 1.29 is 9.53 Å². The van der Waals surface area contributed by atoms with Crippen LogP contribution in [0.1, 0.15) is 11.6 Å². The fraction of sp³-hybridized carbons (Fsp3) is 0.118. The van der Waals surface area contributed by atoms with Gasteiger partial charge in [-0.05, 0) is 48.0 Å². The van der Waals surface area contributed by atoms with Crippen LogP contribution in [0.3, 0.4) is 0 Å². The maximum atomic E-state index is 11.4. The van der Waals surface area contributed by atoms with Gasteiger partial charge in [-0.2, -0.15) is 0 Å². The molecule has 0 amide bonds. The zero-order valence-corrected chi connectivity index (χ0v) is 14.9. The molecule has 1 heterocycles. The first-order chi connectivity index (χ1) is 11.0. The summed E-state index contributed by atoms with van der Waals surface area (Å²) in [5, 5.41) is 4.32. The molecule has 1 aliphatic rings. The van der Waals surface area contributed by atoms with E-state index in [4.69, 9.17) is 27.9 Å². The van der Waals surface area contributed by atoms with Gasteiger partial charge in [-0.15, -0.1) is 0 Å². The molecule has 3 nitrogen and oxygen atoms in total. The molecule has 3 rings (SSSR count). The van der Waals surface area contributed by atoms with Gasteiger partial charge in [-0.3, -0.25) is 0 Å². The molecule has 0 aliphatic carbocycles. The molecule has 6 heteroatoms. The van der Waals surface area contributed by atoms with Gasteiger partial charge in [0.1, 0.15) is 6.10 Å². The fourth-order valence-electron chi connectivity index (χ4n) is 2.35. The van der Waals surface area contributed by atoms with E-state index in [1.165, 1.54) is 6.08 Å². The zero-order chi connectivity index (χ0) is 16.4. The van der Waals surface area contributed by atoms with Gasteiger partial charge < -0.3 is 10.1 Å². The quantitative estimate of drug-likeness (QED) is 0.684. The first-order valence-electron chi connectivity index (χ1n) is 6.89. The highest BCUT2D eigenvalue weighted by atomic mass is 79.9. The third-order valence-electron chi connectivity index (χ3n) is 3.47. The standard InChI is InChI=1S/C17H12BrCl2NO2/c18-11-2-4-12(5-3-11)21-17(15-7-8-16(22)23-15)10-1-6-13(19)14(20)9-10/h1-9,15,17,21H/t15-,17+/m0/s1. The molecule has 0 spiro atoms. The van der Waals surface area contributed by atoms with Crippen molar-refractivity contribution in [3.8, 4) is 0 Å². The number of esters is 1. The highest BCUT2D eigenvalue weighted by Crippen LogP contribution is 2.32. The molecule has 0 unspecified atom stereocenters. The number of hydrogen-bond acceptors (Lipinski definition) is 3. The number of cyclic esters (lactones) is 1. The van der Waals surface area contributed by atoms with Crippen molar-refractivity contribution in [1.82, 2.24) is 0 Å². The highest BCUT2D eigenvalue weighted by molar-refractivity contribution is 9.10. The summed E-state index contributed by atoms with van der Waals surface area (Å²) < 4.78 is 6.33. The fourth-order valence-corrected chi connectivity index (χ4v) is 2.92. The van der Waals surface area contributed by atoms with E-state index in [0.29, 0.717) is 10.0 Å². The van der Waals surface area contributed by atoms with Crippen molar-refractivity contribution in [1.29, 1.82) is 0 Å². The Morgan fingerprint density at radius 3 is 2.43 bits per heavy atom. The number of hydrogen-bond donors (Lipinski definition) is 1. The van der Waals surface area contributed by atoms with E-state index in [1.54, 1.807) is 18.2 Å². The molecule has 23 heavy (non-hydrogen) atoms.